The van der Waals surface area contributed by atoms with E-state index in [1.54, 1.807) is 0 Å². The molecule has 0 aromatic rings. The van der Waals surface area contributed by atoms with Gasteiger partial charge in [0.05, 0.1) is 0 Å². The molecule has 0 saturated carbocycles. The highest BCUT2D eigenvalue weighted by Gasteiger charge is 2.15. The summed E-state index contributed by atoms with van der Waals surface area (Å²) in [5.74, 6) is 0.892. The quantitative estimate of drug-likeness (QED) is 0.748. The molecule has 1 saturated heterocycles. The highest BCUT2D eigenvalue weighted by atomic mass is 35.5. The summed E-state index contributed by atoms with van der Waals surface area (Å²) in [6.45, 7) is 3.76. The van der Waals surface area contributed by atoms with E-state index in [-0.39, 0.29) is 24.8 Å². The fourth-order valence-corrected chi connectivity index (χ4v) is 1.73. The Kier molecular flexibility index (Phi) is 10.1. The van der Waals surface area contributed by atoms with Crippen LogP contribution in [0.1, 0.15) is 12.8 Å². The summed E-state index contributed by atoms with van der Waals surface area (Å²) in [5, 5.41) is 3.23. The van der Waals surface area contributed by atoms with Crippen LogP contribution in [0.25, 0.3) is 0 Å². The lowest BCUT2D eigenvalue weighted by atomic mass is 9.99. The van der Waals surface area contributed by atoms with E-state index in [9.17, 15) is 0 Å². The number of hydrogen-bond donors (Lipinski definition) is 1. The molecule has 4 heteroatoms. The Labute approximate surface area is 87.9 Å². The molecule has 0 bridgehead atoms. The van der Waals surface area contributed by atoms with E-state index in [0.717, 1.165) is 5.92 Å². The number of halogens is 2. The van der Waals surface area contributed by atoms with E-state index in [4.69, 9.17) is 0 Å². The Morgan fingerprint density at radius 3 is 2.58 bits per heavy atom. The van der Waals surface area contributed by atoms with Crippen LogP contribution in [-0.2, 0) is 0 Å². The van der Waals surface area contributed by atoms with Gasteiger partial charge in [0, 0.05) is 6.54 Å². The van der Waals surface area contributed by atoms with Gasteiger partial charge in [0.1, 0.15) is 0 Å². The Hall–Kier alpha value is 0.500. The highest BCUT2D eigenvalue weighted by molar-refractivity contribution is 5.85. The van der Waals surface area contributed by atoms with Gasteiger partial charge in [0.25, 0.3) is 0 Å². The second-order valence-corrected chi connectivity index (χ2v) is 3.33. The van der Waals surface area contributed by atoms with Crippen LogP contribution in [0.2, 0.25) is 0 Å². The fraction of sp³-hybridized carbons (Fsp3) is 1.00. The summed E-state index contributed by atoms with van der Waals surface area (Å²) in [6, 6.07) is 0. The molecule has 1 fully saturated rings. The van der Waals surface area contributed by atoms with E-state index < -0.39 is 0 Å². The van der Waals surface area contributed by atoms with E-state index >= 15 is 0 Å². The number of rotatable bonds is 2. The molecule has 0 spiro atoms. The largest absolute Gasteiger partial charge is 0.319 e. The lowest BCUT2D eigenvalue weighted by molar-refractivity contribution is 0.208. The first kappa shape index (κ1) is 15.0. The normalized spacial score (nSPS) is 24.0. The average molecular weight is 215 g/mol. The lowest BCUT2D eigenvalue weighted by Crippen LogP contribution is -2.36. The molecular formula is C8H20Cl2N2. The zero-order valence-electron chi connectivity index (χ0n) is 7.88. The molecule has 0 radical (unpaired) electrons. The topological polar surface area (TPSA) is 15.3 Å². The predicted molar refractivity (Wildman–Crippen MR) is 58.6 cm³/mol. The molecule has 1 N–H and O–H groups in total. The first-order valence-electron chi connectivity index (χ1n) is 4.16. The fourth-order valence-electron chi connectivity index (χ4n) is 1.73. The van der Waals surface area contributed by atoms with Gasteiger partial charge in [-0.1, -0.05) is 0 Å². The van der Waals surface area contributed by atoms with Crippen LogP contribution in [-0.4, -0.2) is 38.6 Å². The summed E-state index contributed by atoms with van der Waals surface area (Å²) in [4.78, 5) is 2.42. The molecule has 1 rings (SSSR count). The van der Waals surface area contributed by atoms with Crippen molar-refractivity contribution in [3.63, 3.8) is 0 Å². The standard InChI is InChI=1S/C8H18N2.2ClH/c1-9-6-8-4-3-5-10(2)7-8;;/h8-9H,3-7H2,1-2H3;2*1H. The van der Waals surface area contributed by atoms with E-state index in [2.05, 4.69) is 17.3 Å². The van der Waals surface area contributed by atoms with Gasteiger partial charge in [-0.25, -0.2) is 0 Å². The molecule has 0 aromatic heterocycles. The molecule has 0 amide bonds. The van der Waals surface area contributed by atoms with Crippen molar-refractivity contribution in [3.8, 4) is 0 Å². The maximum Gasteiger partial charge on any atom is 0.00187 e. The Morgan fingerprint density at radius 2 is 2.08 bits per heavy atom. The van der Waals surface area contributed by atoms with Gasteiger partial charge in [-0.2, -0.15) is 0 Å². The van der Waals surface area contributed by atoms with Gasteiger partial charge in [-0.15, -0.1) is 24.8 Å². The SMILES string of the molecule is CNCC1CCCN(C)C1.Cl.Cl. The van der Waals surface area contributed by atoms with Crippen molar-refractivity contribution in [2.24, 2.45) is 5.92 Å². The van der Waals surface area contributed by atoms with Crippen molar-refractivity contribution in [1.82, 2.24) is 10.2 Å². The summed E-state index contributed by atoms with van der Waals surface area (Å²) < 4.78 is 0. The van der Waals surface area contributed by atoms with Crippen molar-refractivity contribution < 1.29 is 0 Å². The smallest absolute Gasteiger partial charge is 0.00187 e. The third-order valence-corrected chi connectivity index (χ3v) is 2.21. The first-order chi connectivity index (χ1) is 4.83. The lowest BCUT2D eigenvalue weighted by Gasteiger charge is -2.29. The molecule has 1 heterocycles. The second-order valence-electron chi connectivity index (χ2n) is 3.33. The molecule has 0 aromatic carbocycles. The minimum atomic E-state index is 0. The van der Waals surface area contributed by atoms with Gasteiger partial charge < -0.3 is 10.2 Å². The highest BCUT2D eigenvalue weighted by Crippen LogP contribution is 2.13. The Morgan fingerprint density at radius 1 is 1.42 bits per heavy atom. The first-order valence-corrected chi connectivity index (χ1v) is 4.16. The molecular weight excluding hydrogens is 195 g/mol. The van der Waals surface area contributed by atoms with Gasteiger partial charge >= 0.3 is 0 Å². The van der Waals surface area contributed by atoms with Crippen molar-refractivity contribution >= 4 is 24.8 Å². The molecule has 0 aliphatic carbocycles. The number of likely N-dealkylation sites (tertiary alicyclic amines) is 1. The molecule has 1 atom stereocenters. The summed E-state index contributed by atoms with van der Waals surface area (Å²) in [6.07, 6.45) is 2.79. The molecule has 12 heavy (non-hydrogen) atoms. The zero-order valence-corrected chi connectivity index (χ0v) is 9.51. The van der Waals surface area contributed by atoms with Crippen molar-refractivity contribution in [1.29, 1.82) is 0 Å². The van der Waals surface area contributed by atoms with Gasteiger partial charge in [-0.3, -0.25) is 0 Å². The average Bonchev–Trinajstić information content (AvgIpc) is 1.88. The van der Waals surface area contributed by atoms with E-state index in [1.165, 1.54) is 32.5 Å². The maximum absolute atomic E-state index is 3.23. The molecule has 2 nitrogen and oxygen atoms in total. The van der Waals surface area contributed by atoms with Crippen LogP contribution < -0.4 is 5.32 Å². The number of nitrogens with one attached hydrogen (secondary N) is 1. The Bertz CT molecular complexity index is 99.1. The zero-order chi connectivity index (χ0) is 7.40. The minimum absolute atomic E-state index is 0. The van der Waals surface area contributed by atoms with Crippen molar-refractivity contribution in [2.45, 2.75) is 12.8 Å². The number of piperidine rings is 1. The van der Waals surface area contributed by atoms with Crippen LogP contribution in [0.5, 0.6) is 0 Å². The Balaban J connectivity index is 0. The summed E-state index contributed by atoms with van der Waals surface area (Å²) >= 11 is 0. The minimum Gasteiger partial charge on any atom is -0.319 e. The van der Waals surface area contributed by atoms with E-state index in [0.29, 0.717) is 0 Å². The maximum atomic E-state index is 3.23. The third kappa shape index (κ3) is 5.20. The second kappa shape index (κ2) is 8.11. The van der Waals surface area contributed by atoms with Crippen LogP contribution in [0.3, 0.4) is 0 Å². The van der Waals surface area contributed by atoms with E-state index in [1.807, 2.05) is 7.05 Å². The van der Waals surface area contributed by atoms with Crippen molar-refractivity contribution in [3.05, 3.63) is 0 Å². The summed E-state index contributed by atoms with van der Waals surface area (Å²) in [7, 11) is 4.25. The van der Waals surface area contributed by atoms with Gasteiger partial charge in [0.2, 0.25) is 0 Å². The monoisotopic (exact) mass is 214 g/mol. The third-order valence-electron chi connectivity index (χ3n) is 2.21. The molecule has 1 aliphatic heterocycles. The molecule has 1 aliphatic rings. The van der Waals surface area contributed by atoms with Crippen LogP contribution in [0.4, 0.5) is 0 Å². The van der Waals surface area contributed by atoms with Crippen LogP contribution >= 0.6 is 24.8 Å². The predicted octanol–water partition coefficient (Wildman–Crippen LogP) is 1.39. The number of hydrogen-bond acceptors (Lipinski definition) is 2. The number of nitrogens with zero attached hydrogens (tertiary/aromatic N) is 1. The van der Waals surface area contributed by atoms with Crippen LogP contribution in [0, 0.1) is 5.92 Å². The van der Waals surface area contributed by atoms with Gasteiger partial charge in [0.15, 0.2) is 0 Å². The van der Waals surface area contributed by atoms with Crippen molar-refractivity contribution in [2.75, 3.05) is 33.7 Å². The molecule has 76 valence electrons. The molecule has 1 unspecified atom stereocenters. The van der Waals surface area contributed by atoms with Crippen LogP contribution in [0.15, 0.2) is 0 Å². The van der Waals surface area contributed by atoms with Gasteiger partial charge in [-0.05, 0) is 45.9 Å². The summed E-state index contributed by atoms with van der Waals surface area (Å²) in [5.41, 5.74) is 0.